The first-order chi connectivity index (χ1) is 10.5. The molecule has 0 saturated heterocycles. The van der Waals surface area contributed by atoms with Crippen LogP contribution in [0.1, 0.15) is 19.7 Å². The van der Waals surface area contributed by atoms with Gasteiger partial charge in [-0.15, -0.1) is 10.2 Å². The molecule has 1 aromatic heterocycles. The second kappa shape index (κ2) is 7.64. The fourth-order valence-corrected chi connectivity index (χ4v) is 2.84. The van der Waals surface area contributed by atoms with Crippen LogP contribution in [0.4, 0.5) is 0 Å². The van der Waals surface area contributed by atoms with Crippen LogP contribution in [0.5, 0.6) is 5.75 Å². The molecule has 1 atom stereocenters. The maximum atomic E-state index is 10.8. The van der Waals surface area contributed by atoms with E-state index in [-0.39, 0.29) is 6.61 Å². The number of hydrogen-bond acceptors (Lipinski definition) is 6. The summed E-state index contributed by atoms with van der Waals surface area (Å²) in [6.07, 6.45) is 0. The Morgan fingerprint density at radius 2 is 2.09 bits per heavy atom. The summed E-state index contributed by atoms with van der Waals surface area (Å²) in [6, 6.07) is 7.49. The summed E-state index contributed by atoms with van der Waals surface area (Å²) in [5.41, 5.74) is 0. The van der Waals surface area contributed by atoms with Gasteiger partial charge in [0.1, 0.15) is 12.4 Å². The van der Waals surface area contributed by atoms with E-state index in [1.165, 1.54) is 0 Å². The Bertz CT molecular complexity index is 645. The number of halogens is 1. The van der Waals surface area contributed by atoms with E-state index in [4.69, 9.17) is 4.74 Å². The summed E-state index contributed by atoms with van der Waals surface area (Å²) < 4.78 is 8.49. The highest BCUT2D eigenvalue weighted by atomic mass is 79.9. The third kappa shape index (κ3) is 4.23. The predicted molar refractivity (Wildman–Crippen MR) is 84.5 cm³/mol. The zero-order valence-corrected chi connectivity index (χ0v) is 14.6. The topological polar surface area (TPSA) is 80.1 Å². The zero-order valence-electron chi connectivity index (χ0n) is 12.2. The molecule has 0 aliphatic rings. The molecule has 8 heteroatoms. The molecule has 1 heterocycles. The van der Waals surface area contributed by atoms with Crippen LogP contribution >= 0.6 is 27.7 Å². The van der Waals surface area contributed by atoms with Crippen LogP contribution in [0.2, 0.25) is 0 Å². The van der Waals surface area contributed by atoms with Gasteiger partial charge in [0.2, 0.25) is 0 Å². The van der Waals surface area contributed by atoms with Crippen molar-refractivity contribution in [3.8, 4) is 5.75 Å². The van der Waals surface area contributed by atoms with Crippen LogP contribution in [0.3, 0.4) is 0 Å². The minimum atomic E-state index is -1.12. The van der Waals surface area contributed by atoms with Gasteiger partial charge in [0.05, 0.1) is 5.97 Å². The average molecular weight is 385 g/mol. The number of aliphatic carboxylic acids is 1. The quantitative estimate of drug-likeness (QED) is 0.677. The number of aromatic nitrogens is 3. The van der Waals surface area contributed by atoms with E-state index >= 15 is 0 Å². The lowest BCUT2D eigenvalue weighted by atomic mass is 10.3. The minimum absolute atomic E-state index is 0.267. The summed E-state index contributed by atoms with van der Waals surface area (Å²) in [5.74, 6) is 0.257. The molecule has 0 aliphatic heterocycles. The van der Waals surface area contributed by atoms with Crippen LogP contribution in [0.25, 0.3) is 0 Å². The molecule has 0 N–H and O–H groups in total. The van der Waals surface area contributed by atoms with Crippen molar-refractivity contribution in [3.63, 3.8) is 0 Å². The fourth-order valence-electron chi connectivity index (χ4n) is 1.72. The van der Waals surface area contributed by atoms with Crippen molar-refractivity contribution in [1.29, 1.82) is 0 Å². The standard InChI is InChI=1S/C14H16BrN3O3S/c1-3-18-12(8-21-11-6-4-10(15)5-7-11)16-17-14(18)22-9(2)13(19)20/h4-7,9H,3,8H2,1-2H3,(H,19,20)/p-1/t9-/m1/s1. The third-order valence-corrected chi connectivity index (χ3v) is 4.49. The molecular formula is C14H15BrN3O3S-. The van der Waals surface area contributed by atoms with Crippen LogP contribution in [-0.4, -0.2) is 26.0 Å². The van der Waals surface area contributed by atoms with Crippen molar-refractivity contribution < 1.29 is 14.6 Å². The van der Waals surface area contributed by atoms with E-state index in [2.05, 4.69) is 26.1 Å². The number of hydrogen-bond donors (Lipinski definition) is 0. The van der Waals surface area contributed by atoms with E-state index in [0.717, 1.165) is 22.0 Å². The van der Waals surface area contributed by atoms with Crippen molar-refractivity contribution in [2.75, 3.05) is 0 Å². The van der Waals surface area contributed by atoms with Gasteiger partial charge in [0.25, 0.3) is 0 Å². The van der Waals surface area contributed by atoms with Gasteiger partial charge in [-0.05, 0) is 38.1 Å². The minimum Gasteiger partial charge on any atom is -0.549 e. The SMILES string of the molecule is CCn1c(COc2ccc(Br)cc2)nnc1S[C@H](C)C(=O)[O-]. The number of benzene rings is 1. The smallest absolute Gasteiger partial charge is 0.191 e. The second-order valence-corrected chi connectivity index (χ2v) is 6.69. The van der Waals surface area contributed by atoms with Crippen molar-refractivity contribution in [3.05, 3.63) is 34.6 Å². The summed E-state index contributed by atoms with van der Waals surface area (Å²) in [7, 11) is 0. The van der Waals surface area contributed by atoms with Gasteiger partial charge in [0, 0.05) is 16.3 Å². The lowest BCUT2D eigenvalue weighted by Crippen LogP contribution is -2.31. The summed E-state index contributed by atoms with van der Waals surface area (Å²) in [5, 5.41) is 18.8. The molecule has 0 amide bonds. The Labute approximate surface area is 141 Å². The van der Waals surface area contributed by atoms with Crippen LogP contribution in [0, 0.1) is 0 Å². The van der Waals surface area contributed by atoms with Crippen molar-refractivity contribution in [2.24, 2.45) is 0 Å². The van der Waals surface area contributed by atoms with Gasteiger partial charge < -0.3 is 19.2 Å². The molecule has 2 rings (SSSR count). The molecule has 0 saturated carbocycles. The molecule has 0 unspecified atom stereocenters. The average Bonchev–Trinajstić information content (AvgIpc) is 2.88. The number of rotatable bonds is 7. The van der Waals surface area contributed by atoms with Crippen LogP contribution < -0.4 is 9.84 Å². The first-order valence-corrected chi connectivity index (χ1v) is 8.36. The van der Waals surface area contributed by atoms with E-state index in [9.17, 15) is 9.90 Å². The summed E-state index contributed by atoms with van der Waals surface area (Å²) in [4.78, 5) is 10.8. The molecule has 0 spiro atoms. The third-order valence-electron chi connectivity index (χ3n) is 2.91. The Kier molecular flexibility index (Phi) is 5.84. The first-order valence-electron chi connectivity index (χ1n) is 6.69. The van der Waals surface area contributed by atoms with Gasteiger partial charge >= 0.3 is 0 Å². The monoisotopic (exact) mass is 384 g/mol. The molecular weight excluding hydrogens is 370 g/mol. The lowest BCUT2D eigenvalue weighted by molar-refractivity contribution is -0.304. The molecule has 0 aliphatic carbocycles. The fraction of sp³-hybridized carbons (Fsp3) is 0.357. The summed E-state index contributed by atoms with van der Waals surface area (Å²) >= 11 is 4.48. The molecule has 0 radical (unpaired) electrons. The number of ether oxygens (including phenoxy) is 1. The highest BCUT2D eigenvalue weighted by molar-refractivity contribution is 9.10. The Balaban J connectivity index is 2.06. The molecule has 6 nitrogen and oxygen atoms in total. The Hall–Kier alpha value is -1.54. The molecule has 2 aromatic rings. The predicted octanol–water partition coefficient (Wildman–Crippen LogP) is 1.87. The second-order valence-electron chi connectivity index (χ2n) is 4.46. The lowest BCUT2D eigenvalue weighted by Gasteiger charge is -2.13. The van der Waals surface area contributed by atoms with Crippen molar-refractivity contribution in [1.82, 2.24) is 14.8 Å². The largest absolute Gasteiger partial charge is 0.549 e. The number of thioether (sulfide) groups is 1. The molecule has 0 bridgehead atoms. The molecule has 1 aromatic carbocycles. The van der Waals surface area contributed by atoms with Gasteiger partial charge in [-0.3, -0.25) is 0 Å². The van der Waals surface area contributed by atoms with Gasteiger partial charge in [-0.2, -0.15) is 0 Å². The van der Waals surface area contributed by atoms with E-state index in [0.29, 0.717) is 17.5 Å². The highest BCUT2D eigenvalue weighted by Crippen LogP contribution is 2.23. The number of carbonyl (C=O) groups excluding carboxylic acids is 1. The molecule has 22 heavy (non-hydrogen) atoms. The Morgan fingerprint density at radius 3 is 2.68 bits per heavy atom. The molecule has 0 fully saturated rings. The summed E-state index contributed by atoms with van der Waals surface area (Å²) in [6.45, 7) is 4.41. The van der Waals surface area contributed by atoms with Crippen molar-refractivity contribution >= 4 is 33.7 Å². The number of nitrogens with zero attached hydrogens (tertiary/aromatic N) is 3. The maximum Gasteiger partial charge on any atom is 0.191 e. The number of carboxylic acid groups (broad SMARTS) is 1. The van der Waals surface area contributed by atoms with E-state index < -0.39 is 11.2 Å². The van der Waals surface area contributed by atoms with Gasteiger partial charge in [-0.25, -0.2) is 0 Å². The number of carboxylic acids is 1. The first kappa shape index (κ1) is 16.8. The van der Waals surface area contributed by atoms with Gasteiger partial charge in [-0.1, -0.05) is 27.7 Å². The van der Waals surface area contributed by atoms with Gasteiger partial charge in [0.15, 0.2) is 11.0 Å². The van der Waals surface area contributed by atoms with Crippen LogP contribution in [-0.2, 0) is 17.9 Å². The molecule has 118 valence electrons. The van der Waals surface area contributed by atoms with Crippen LogP contribution in [0.15, 0.2) is 33.9 Å². The zero-order chi connectivity index (χ0) is 16.1. The Morgan fingerprint density at radius 1 is 1.41 bits per heavy atom. The van der Waals surface area contributed by atoms with Crippen molar-refractivity contribution in [2.45, 2.75) is 37.4 Å². The highest BCUT2D eigenvalue weighted by Gasteiger charge is 2.15. The maximum absolute atomic E-state index is 10.8. The van der Waals surface area contributed by atoms with E-state index in [1.54, 1.807) is 6.92 Å². The number of carbonyl (C=O) groups is 1. The normalized spacial score (nSPS) is 12.1. The van der Waals surface area contributed by atoms with E-state index in [1.807, 2.05) is 35.8 Å².